The predicted octanol–water partition coefficient (Wildman–Crippen LogP) is 5.87. The number of fused-ring (bicyclic) bond motifs is 1. The average Bonchev–Trinajstić information content (AvgIpc) is 2.53. The van der Waals surface area contributed by atoms with Crippen molar-refractivity contribution in [2.75, 3.05) is 0 Å². The number of carbonyl (C=O) groups excluding carboxylic acids is 1. The van der Waals surface area contributed by atoms with Gasteiger partial charge in [-0.1, -0.05) is 68.3 Å². The van der Waals surface area contributed by atoms with Gasteiger partial charge in [0.15, 0.2) is 5.78 Å². The van der Waals surface area contributed by atoms with Gasteiger partial charge in [0.2, 0.25) is 0 Å². The molecule has 2 rings (SSSR count). The highest BCUT2D eigenvalue weighted by Gasteiger charge is 2.06. The zero-order valence-electron chi connectivity index (χ0n) is 13.8. The van der Waals surface area contributed by atoms with Crippen LogP contribution in [-0.4, -0.2) is 5.78 Å². The number of ketones is 1. The Bertz CT molecular complexity index is 647. The van der Waals surface area contributed by atoms with Crippen LogP contribution in [0.2, 0.25) is 0 Å². The fourth-order valence-corrected chi connectivity index (χ4v) is 2.85. The molecule has 0 amide bonds. The first kappa shape index (κ1) is 16.5. The average molecular weight is 294 g/mol. The Morgan fingerprint density at radius 2 is 1.73 bits per heavy atom. The summed E-state index contributed by atoms with van der Waals surface area (Å²) >= 11 is 0. The molecule has 22 heavy (non-hydrogen) atoms. The second-order valence-electron chi connectivity index (χ2n) is 5.94. The summed E-state index contributed by atoms with van der Waals surface area (Å²) in [7, 11) is 0. The molecule has 1 heteroatoms. The molecule has 0 atom stereocenters. The summed E-state index contributed by atoms with van der Waals surface area (Å²) in [4.78, 5) is 12.0. The Kier molecular flexibility index (Phi) is 6.39. The largest absolute Gasteiger partial charge is 0.295 e. The smallest absolute Gasteiger partial charge is 0.155 e. The van der Waals surface area contributed by atoms with E-state index in [9.17, 15) is 4.79 Å². The topological polar surface area (TPSA) is 17.1 Å². The molecule has 2 aromatic rings. The van der Waals surface area contributed by atoms with Crippen molar-refractivity contribution < 1.29 is 4.79 Å². The predicted molar refractivity (Wildman–Crippen MR) is 95.2 cm³/mol. The van der Waals surface area contributed by atoms with E-state index in [0.29, 0.717) is 6.42 Å². The molecular weight excluding hydrogens is 268 g/mol. The summed E-state index contributed by atoms with van der Waals surface area (Å²) in [6, 6.07) is 14.9. The molecule has 0 heterocycles. The molecule has 0 unspecified atom stereocenters. The summed E-state index contributed by atoms with van der Waals surface area (Å²) in [5, 5.41) is 2.57. The minimum absolute atomic E-state index is 0.272. The highest BCUT2D eigenvalue weighted by Crippen LogP contribution is 2.23. The maximum atomic E-state index is 12.0. The van der Waals surface area contributed by atoms with Crippen LogP contribution in [-0.2, 0) is 11.2 Å². The molecule has 116 valence electrons. The lowest BCUT2D eigenvalue weighted by atomic mass is 9.95. The minimum Gasteiger partial charge on any atom is -0.295 e. The second kappa shape index (κ2) is 8.53. The van der Waals surface area contributed by atoms with Crippen molar-refractivity contribution in [2.45, 2.75) is 52.4 Å². The van der Waals surface area contributed by atoms with E-state index < -0.39 is 0 Å². The van der Waals surface area contributed by atoms with Crippen LogP contribution in [0.3, 0.4) is 0 Å². The lowest BCUT2D eigenvalue weighted by Gasteiger charge is -2.10. The van der Waals surface area contributed by atoms with E-state index in [2.05, 4.69) is 56.3 Å². The zero-order chi connectivity index (χ0) is 15.8. The van der Waals surface area contributed by atoms with Crippen molar-refractivity contribution in [1.82, 2.24) is 0 Å². The van der Waals surface area contributed by atoms with Gasteiger partial charge in [0, 0.05) is 6.42 Å². The third-order valence-electron chi connectivity index (χ3n) is 4.01. The first-order chi connectivity index (χ1) is 10.7. The van der Waals surface area contributed by atoms with Crippen molar-refractivity contribution >= 4 is 16.6 Å². The third-order valence-corrected chi connectivity index (χ3v) is 4.01. The summed E-state index contributed by atoms with van der Waals surface area (Å²) in [6.45, 7) is 4.26. The minimum atomic E-state index is 0.272. The van der Waals surface area contributed by atoms with Gasteiger partial charge in [-0.2, -0.15) is 0 Å². The van der Waals surface area contributed by atoms with Crippen LogP contribution >= 0.6 is 0 Å². The van der Waals surface area contributed by atoms with E-state index in [1.54, 1.807) is 0 Å². The van der Waals surface area contributed by atoms with Crippen LogP contribution in [0.15, 0.2) is 54.1 Å². The first-order valence-corrected chi connectivity index (χ1v) is 8.43. The fourth-order valence-electron chi connectivity index (χ4n) is 2.85. The quantitative estimate of drug-likeness (QED) is 0.557. The number of benzene rings is 2. The molecule has 0 aliphatic carbocycles. The van der Waals surface area contributed by atoms with Gasteiger partial charge in [-0.3, -0.25) is 4.79 Å². The molecule has 0 bridgehead atoms. The summed E-state index contributed by atoms with van der Waals surface area (Å²) in [5.74, 6) is 0.272. The van der Waals surface area contributed by atoms with Gasteiger partial charge in [0.05, 0.1) is 0 Å². The Morgan fingerprint density at radius 1 is 0.955 bits per heavy atom. The van der Waals surface area contributed by atoms with E-state index in [0.717, 1.165) is 32.1 Å². The lowest BCUT2D eigenvalue weighted by molar-refractivity contribution is -0.114. The van der Waals surface area contributed by atoms with Gasteiger partial charge in [-0.05, 0) is 48.1 Å². The zero-order valence-corrected chi connectivity index (χ0v) is 13.8. The van der Waals surface area contributed by atoms with Crippen molar-refractivity contribution in [2.24, 2.45) is 0 Å². The van der Waals surface area contributed by atoms with Crippen molar-refractivity contribution in [3.63, 3.8) is 0 Å². The van der Waals surface area contributed by atoms with Crippen LogP contribution in [0.5, 0.6) is 0 Å². The maximum absolute atomic E-state index is 12.0. The Hall–Kier alpha value is -1.89. The molecule has 0 saturated carbocycles. The molecule has 0 fully saturated rings. The van der Waals surface area contributed by atoms with E-state index >= 15 is 0 Å². The van der Waals surface area contributed by atoms with Crippen molar-refractivity contribution in [1.29, 1.82) is 0 Å². The number of carbonyl (C=O) groups is 1. The molecule has 1 nitrogen and oxygen atoms in total. The highest BCUT2D eigenvalue weighted by molar-refractivity contribution is 5.90. The molecule has 0 saturated heterocycles. The van der Waals surface area contributed by atoms with Crippen LogP contribution < -0.4 is 0 Å². The van der Waals surface area contributed by atoms with Gasteiger partial charge in [0.1, 0.15) is 0 Å². The molecule has 0 aliphatic rings. The van der Waals surface area contributed by atoms with Gasteiger partial charge in [0.25, 0.3) is 0 Å². The Labute approximate surface area is 134 Å². The van der Waals surface area contributed by atoms with Crippen molar-refractivity contribution in [3.05, 3.63) is 59.7 Å². The molecule has 0 spiro atoms. The summed E-state index contributed by atoms with van der Waals surface area (Å²) in [5.41, 5.74) is 2.60. The number of allylic oxidation sites excluding steroid dienone is 2. The second-order valence-corrected chi connectivity index (χ2v) is 5.94. The van der Waals surface area contributed by atoms with Gasteiger partial charge in [-0.25, -0.2) is 0 Å². The van der Waals surface area contributed by atoms with Crippen LogP contribution in [0.25, 0.3) is 10.8 Å². The standard InChI is InChI=1S/C21H26O/c1-3-5-10-17(16-20(22)9-4-2)15-19-13-8-12-18-11-6-7-14-21(18)19/h6-8,11-14,16H,3-5,9-10,15H2,1-2H3/b17-16+. The van der Waals surface area contributed by atoms with Crippen LogP contribution in [0.4, 0.5) is 0 Å². The molecule has 0 radical (unpaired) electrons. The number of hydrogen-bond acceptors (Lipinski definition) is 1. The molecule has 2 aromatic carbocycles. The van der Waals surface area contributed by atoms with Gasteiger partial charge < -0.3 is 0 Å². The third kappa shape index (κ3) is 4.56. The lowest BCUT2D eigenvalue weighted by Crippen LogP contribution is -1.99. The normalized spacial score (nSPS) is 11.8. The molecule has 0 aliphatic heterocycles. The van der Waals surface area contributed by atoms with Gasteiger partial charge in [-0.15, -0.1) is 0 Å². The SMILES string of the molecule is CCCC/C(=C\C(=O)CCC)Cc1cccc2ccccc12. The van der Waals surface area contributed by atoms with Crippen LogP contribution in [0, 0.1) is 0 Å². The number of unbranched alkanes of at least 4 members (excludes halogenated alkanes) is 1. The van der Waals surface area contributed by atoms with Crippen LogP contribution in [0.1, 0.15) is 51.5 Å². The fraction of sp³-hybridized carbons (Fsp3) is 0.381. The molecular formula is C21H26O. The monoisotopic (exact) mass is 294 g/mol. The van der Waals surface area contributed by atoms with E-state index in [1.165, 1.54) is 21.9 Å². The Morgan fingerprint density at radius 3 is 2.50 bits per heavy atom. The summed E-state index contributed by atoms with van der Waals surface area (Å²) in [6.07, 6.45) is 7.70. The number of rotatable bonds is 8. The van der Waals surface area contributed by atoms with E-state index in [1.807, 2.05) is 6.08 Å². The highest BCUT2D eigenvalue weighted by atomic mass is 16.1. The maximum Gasteiger partial charge on any atom is 0.155 e. The first-order valence-electron chi connectivity index (χ1n) is 8.43. The molecule has 0 aromatic heterocycles. The van der Waals surface area contributed by atoms with Gasteiger partial charge >= 0.3 is 0 Å². The molecule has 0 N–H and O–H groups in total. The van der Waals surface area contributed by atoms with E-state index in [-0.39, 0.29) is 5.78 Å². The Balaban J connectivity index is 2.26. The van der Waals surface area contributed by atoms with E-state index in [4.69, 9.17) is 0 Å². The van der Waals surface area contributed by atoms with Crippen molar-refractivity contribution in [3.8, 4) is 0 Å². The summed E-state index contributed by atoms with van der Waals surface area (Å²) < 4.78 is 0. The number of hydrogen-bond donors (Lipinski definition) is 0.